The number of benzene rings is 1. The number of hydrogen-bond donors (Lipinski definition) is 1. The molecule has 1 atom stereocenters. The van der Waals surface area contributed by atoms with E-state index in [9.17, 15) is 0 Å². The molecule has 1 aromatic heterocycles. The van der Waals surface area contributed by atoms with Crippen LogP contribution in [0.25, 0.3) is 0 Å². The molecule has 1 unspecified atom stereocenters. The zero-order valence-corrected chi connectivity index (χ0v) is 11.4. The van der Waals surface area contributed by atoms with Crippen LogP contribution in [0.15, 0.2) is 35.7 Å². The first-order valence-corrected chi connectivity index (χ1v) is 7.28. The van der Waals surface area contributed by atoms with Crippen molar-refractivity contribution >= 4 is 17.0 Å². The molecule has 0 spiro atoms. The molecule has 0 saturated carbocycles. The maximum atomic E-state index is 5.88. The Morgan fingerprint density at radius 1 is 1.22 bits per heavy atom. The van der Waals surface area contributed by atoms with Crippen molar-refractivity contribution in [1.29, 1.82) is 0 Å². The Morgan fingerprint density at radius 2 is 2.00 bits per heavy atom. The average molecular weight is 258 g/mol. The quantitative estimate of drug-likeness (QED) is 0.895. The third-order valence-electron chi connectivity index (χ3n) is 3.59. The SMILES string of the molecule is CC(N)c1ccc(N2CCc3sccc3C2)cc1. The smallest absolute Gasteiger partial charge is 0.0440 e. The van der Waals surface area contributed by atoms with Crippen LogP contribution in [0, 0.1) is 0 Å². The number of anilines is 1. The third-order valence-corrected chi connectivity index (χ3v) is 4.61. The summed E-state index contributed by atoms with van der Waals surface area (Å²) in [5.41, 5.74) is 9.87. The van der Waals surface area contributed by atoms with Crippen molar-refractivity contribution in [2.75, 3.05) is 11.4 Å². The van der Waals surface area contributed by atoms with E-state index < -0.39 is 0 Å². The number of thiophene rings is 1. The average Bonchev–Trinajstić information content (AvgIpc) is 2.86. The van der Waals surface area contributed by atoms with Crippen molar-refractivity contribution in [3.63, 3.8) is 0 Å². The summed E-state index contributed by atoms with van der Waals surface area (Å²) in [6.07, 6.45) is 1.17. The minimum atomic E-state index is 0.115. The van der Waals surface area contributed by atoms with Crippen molar-refractivity contribution in [2.45, 2.75) is 25.9 Å². The van der Waals surface area contributed by atoms with Gasteiger partial charge in [0.25, 0.3) is 0 Å². The Kier molecular flexibility index (Phi) is 3.10. The molecule has 1 aliphatic rings. The summed E-state index contributed by atoms with van der Waals surface area (Å²) in [6.45, 7) is 4.18. The fourth-order valence-electron chi connectivity index (χ4n) is 2.46. The predicted molar refractivity (Wildman–Crippen MR) is 78.1 cm³/mol. The highest BCUT2D eigenvalue weighted by atomic mass is 32.1. The van der Waals surface area contributed by atoms with Gasteiger partial charge in [0.15, 0.2) is 0 Å². The van der Waals surface area contributed by atoms with Gasteiger partial charge in [-0.1, -0.05) is 12.1 Å². The van der Waals surface area contributed by atoms with E-state index >= 15 is 0 Å². The molecule has 18 heavy (non-hydrogen) atoms. The maximum absolute atomic E-state index is 5.88. The van der Waals surface area contributed by atoms with Crippen molar-refractivity contribution in [2.24, 2.45) is 5.73 Å². The standard InChI is InChI=1S/C15H18N2S/c1-11(16)12-2-4-14(5-3-12)17-8-6-15-13(10-17)7-9-18-15/h2-5,7,9,11H,6,8,10,16H2,1H3. The second kappa shape index (κ2) is 4.75. The van der Waals surface area contributed by atoms with Gasteiger partial charge >= 0.3 is 0 Å². The third kappa shape index (κ3) is 2.16. The zero-order valence-electron chi connectivity index (χ0n) is 10.6. The van der Waals surface area contributed by atoms with Crippen molar-refractivity contribution < 1.29 is 0 Å². The van der Waals surface area contributed by atoms with E-state index in [0.717, 1.165) is 13.1 Å². The molecule has 0 aliphatic carbocycles. The molecule has 0 fully saturated rings. The van der Waals surface area contributed by atoms with Crippen LogP contribution >= 0.6 is 11.3 Å². The van der Waals surface area contributed by atoms with Gasteiger partial charge in [0, 0.05) is 29.7 Å². The highest BCUT2D eigenvalue weighted by Gasteiger charge is 2.17. The number of fused-ring (bicyclic) bond motifs is 1. The number of rotatable bonds is 2. The minimum absolute atomic E-state index is 0.115. The highest BCUT2D eigenvalue weighted by molar-refractivity contribution is 7.10. The van der Waals surface area contributed by atoms with Crippen LogP contribution in [-0.2, 0) is 13.0 Å². The lowest BCUT2D eigenvalue weighted by Gasteiger charge is -2.29. The van der Waals surface area contributed by atoms with Crippen LogP contribution in [-0.4, -0.2) is 6.54 Å². The summed E-state index contributed by atoms with van der Waals surface area (Å²) < 4.78 is 0. The molecule has 2 nitrogen and oxygen atoms in total. The molecular weight excluding hydrogens is 240 g/mol. The van der Waals surface area contributed by atoms with Crippen LogP contribution < -0.4 is 10.6 Å². The minimum Gasteiger partial charge on any atom is -0.367 e. The molecule has 2 aromatic rings. The summed E-state index contributed by atoms with van der Waals surface area (Å²) in [5.74, 6) is 0. The second-order valence-electron chi connectivity index (χ2n) is 4.92. The van der Waals surface area contributed by atoms with Crippen LogP contribution in [0.4, 0.5) is 5.69 Å². The summed E-state index contributed by atoms with van der Waals surface area (Å²) in [4.78, 5) is 4.00. The van der Waals surface area contributed by atoms with Crippen LogP contribution in [0.2, 0.25) is 0 Å². The van der Waals surface area contributed by atoms with E-state index in [1.54, 1.807) is 4.88 Å². The van der Waals surface area contributed by atoms with E-state index in [1.807, 2.05) is 18.3 Å². The van der Waals surface area contributed by atoms with E-state index in [1.165, 1.54) is 23.2 Å². The molecule has 0 amide bonds. The molecule has 3 heteroatoms. The first-order chi connectivity index (χ1) is 8.74. The van der Waals surface area contributed by atoms with E-state index in [-0.39, 0.29) is 6.04 Å². The Bertz CT molecular complexity index is 528. The summed E-state index contributed by atoms with van der Waals surface area (Å²) >= 11 is 1.89. The normalized spacial score (nSPS) is 16.4. The van der Waals surface area contributed by atoms with E-state index in [2.05, 4.69) is 40.6 Å². The molecule has 0 bridgehead atoms. The fourth-order valence-corrected chi connectivity index (χ4v) is 3.35. The maximum Gasteiger partial charge on any atom is 0.0440 e. The van der Waals surface area contributed by atoms with Gasteiger partial charge in [-0.05, 0) is 48.1 Å². The van der Waals surface area contributed by atoms with Crippen molar-refractivity contribution in [3.05, 3.63) is 51.7 Å². The lowest BCUT2D eigenvalue weighted by Crippen LogP contribution is -2.29. The van der Waals surface area contributed by atoms with Gasteiger partial charge in [-0.25, -0.2) is 0 Å². The number of hydrogen-bond acceptors (Lipinski definition) is 3. The number of nitrogens with zero attached hydrogens (tertiary/aromatic N) is 1. The number of nitrogens with two attached hydrogens (primary N) is 1. The summed E-state index contributed by atoms with van der Waals surface area (Å²) in [7, 11) is 0. The monoisotopic (exact) mass is 258 g/mol. The molecule has 1 aliphatic heterocycles. The van der Waals surface area contributed by atoms with Gasteiger partial charge in [0.05, 0.1) is 0 Å². The zero-order chi connectivity index (χ0) is 12.5. The Balaban J connectivity index is 1.80. The summed E-state index contributed by atoms with van der Waals surface area (Å²) in [5, 5.41) is 2.20. The largest absolute Gasteiger partial charge is 0.367 e. The van der Waals surface area contributed by atoms with Crippen molar-refractivity contribution in [1.82, 2.24) is 0 Å². The lowest BCUT2D eigenvalue weighted by atomic mass is 10.1. The van der Waals surface area contributed by atoms with Crippen LogP contribution in [0.1, 0.15) is 29.0 Å². The van der Waals surface area contributed by atoms with Gasteiger partial charge in [-0.2, -0.15) is 0 Å². The Labute approximate surface area is 112 Å². The molecule has 1 aromatic carbocycles. The molecule has 2 N–H and O–H groups in total. The molecule has 0 saturated heterocycles. The van der Waals surface area contributed by atoms with E-state index in [4.69, 9.17) is 5.73 Å². The highest BCUT2D eigenvalue weighted by Crippen LogP contribution is 2.28. The topological polar surface area (TPSA) is 29.3 Å². The fraction of sp³-hybridized carbons (Fsp3) is 0.333. The summed E-state index contributed by atoms with van der Waals surface area (Å²) in [6, 6.07) is 11.0. The first kappa shape index (κ1) is 11.8. The first-order valence-electron chi connectivity index (χ1n) is 6.40. The molecular formula is C15H18N2S. The van der Waals surface area contributed by atoms with Gasteiger partial charge in [-0.3, -0.25) is 0 Å². The van der Waals surface area contributed by atoms with Crippen LogP contribution in [0.5, 0.6) is 0 Å². The molecule has 2 heterocycles. The molecule has 0 radical (unpaired) electrons. The van der Waals surface area contributed by atoms with Gasteiger partial charge in [0.1, 0.15) is 0 Å². The van der Waals surface area contributed by atoms with Gasteiger partial charge in [-0.15, -0.1) is 11.3 Å². The Morgan fingerprint density at radius 3 is 2.72 bits per heavy atom. The van der Waals surface area contributed by atoms with E-state index in [0.29, 0.717) is 0 Å². The van der Waals surface area contributed by atoms with Gasteiger partial charge in [0.2, 0.25) is 0 Å². The predicted octanol–water partition coefficient (Wildman–Crippen LogP) is 3.33. The lowest BCUT2D eigenvalue weighted by molar-refractivity contribution is 0.742. The second-order valence-corrected chi connectivity index (χ2v) is 5.92. The molecule has 3 rings (SSSR count). The van der Waals surface area contributed by atoms with Crippen molar-refractivity contribution in [3.8, 4) is 0 Å². The molecule has 94 valence electrons. The van der Waals surface area contributed by atoms with Gasteiger partial charge < -0.3 is 10.6 Å². The van der Waals surface area contributed by atoms with Crippen LogP contribution in [0.3, 0.4) is 0 Å². The Hall–Kier alpha value is -1.32.